The van der Waals surface area contributed by atoms with E-state index in [1.54, 1.807) is 0 Å². The van der Waals surface area contributed by atoms with Crippen LogP contribution in [-0.2, 0) is 19.0 Å². The van der Waals surface area contributed by atoms with Crippen LogP contribution in [0.25, 0.3) is 0 Å². The Morgan fingerprint density at radius 2 is 1.40 bits per heavy atom. The van der Waals surface area contributed by atoms with Gasteiger partial charge in [-0.2, -0.15) is 12.6 Å². The average molecular weight is 238 g/mol. The maximum Gasteiger partial charge on any atom is 0.305 e. The van der Waals surface area contributed by atoms with Crippen LogP contribution in [-0.4, -0.2) is 56.5 Å². The fraction of sp³-hybridized carbons (Fsp3) is 0.889. The van der Waals surface area contributed by atoms with Gasteiger partial charge in [-0.3, -0.25) is 4.79 Å². The summed E-state index contributed by atoms with van der Waals surface area (Å²) in [5.74, 6) is -0.144. The summed E-state index contributed by atoms with van der Waals surface area (Å²) in [6.45, 7) is 2.81. The van der Waals surface area contributed by atoms with Crippen molar-refractivity contribution in [2.75, 3.05) is 45.4 Å². The summed E-state index contributed by atoms with van der Waals surface area (Å²) >= 11 is 3.99. The lowest BCUT2D eigenvalue weighted by Crippen LogP contribution is -2.11. The predicted octanol–water partition coefficient (Wildman–Crippen LogP) is 0.441. The minimum Gasteiger partial charge on any atom is -0.481 e. The van der Waals surface area contributed by atoms with E-state index < -0.39 is 5.97 Å². The molecule has 0 radical (unpaired) electrons. The van der Waals surface area contributed by atoms with Crippen LogP contribution in [0.1, 0.15) is 6.42 Å². The molecular formula is C9H18O5S. The molecule has 0 atom stereocenters. The van der Waals surface area contributed by atoms with E-state index >= 15 is 0 Å². The first kappa shape index (κ1) is 14.7. The van der Waals surface area contributed by atoms with Gasteiger partial charge in [0.25, 0.3) is 0 Å². The first-order chi connectivity index (χ1) is 7.27. The topological polar surface area (TPSA) is 65.0 Å². The van der Waals surface area contributed by atoms with Gasteiger partial charge in [0.15, 0.2) is 0 Å². The third-order valence-electron chi connectivity index (χ3n) is 1.44. The van der Waals surface area contributed by atoms with Crippen molar-refractivity contribution in [2.45, 2.75) is 6.42 Å². The third kappa shape index (κ3) is 13.7. The van der Waals surface area contributed by atoms with Gasteiger partial charge in [0.05, 0.1) is 46.1 Å². The SMILES string of the molecule is O=C(O)CCOCCOCCOCCS. The van der Waals surface area contributed by atoms with Gasteiger partial charge >= 0.3 is 5.97 Å². The maximum atomic E-state index is 10.1. The number of ether oxygens (including phenoxy) is 3. The van der Waals surface area contributed by atoms with Crippen molar-refractivity contribution in [3.63, 3.8) is 0 Å². The summed E-state index contributed by atoms with van der Waals surface area (Å²) in [5, 5.41) is 8.30. The van der Waals surface area contributed by atoms with Crippen molar-refractivity contribution in [1.82, 2.24) is 0 Å². The molecule has 0 rings (SSSR count). The lowest BCUT2D eigenvalue weighted by molar-refractivity contribution is -0.138. The van der Waals surface area contributed by atoms with Crippen molar-refractivity contribution < 1.29 is 24.1 Å². The van der Waals surface area contributed by atoms with Crippen molar-refractivity contribution in [2.24, 2.45) is 0 Å². The predicted molar refractivity (Wildman–Crippen MR) is 58.6 cm³/mol. The summed E-state index contributed by atoms with van der Waals surface area (Å²) in [4.78, 5) is 10.1. The lowest BCUT2D eigenvalue weighted by atomic mass is 10.5. The van der Waals surface area contributed by atoms with E-state index in [0.717, 1.165) is 0 Å². The maximum absolute atomic E-state index is 10.1. The number of hydrogen-bond acceptors (Lipinski definition) is 5. The monoisotopic (exact) mass is 238 g/mol. The van der Waals surface area contributed by atoms with Crippen LogP contribution in [0.3, 0.4) is 0 Å². The Balaban J connectivity index is 2.89. The molecule has 0 heterocycles. The Hall–Kier alpha value is -0.300. The lowest BCUT2D eigenvalue weighted by Gasteiger charge is -2.05. The van der Waals surface area contributed by atoms with Gasteiger partial charge in [-0.25, -0.2) is 0 Å². The molecule has 6 heteroatoms. The van der Waals surface area contributed by atoms with Crippen LogP contribution >= 0.6 is 12.6 Å². The van der Waals surface area contributed by atoms with Gasteiger partial charge in [0.2, 0.25) is 0 Å². The number of rotatable bonds is 11. The fourth-order valence-corrected chi connectivity index (χ4v) is 0.895. The molecule has 90 valence electrons. The Morgan fingerprint density at radius 1 is 0.933 bits per heavy atom. The van der Waals surface area contributed by atoms with E-state index in [1.807, 2.05) is 0 Å². The molecule has 0 bridgehead atoms. The second kappa shape index (κ2) is 11.8. The second-order valence-electron chi connectivity index (χ2n) is 2.70. The molecule has 0 amide bonds. The van der Waals surface area contributed by atoms with E-state index in [-0.39, 0.29) is 13.0 Å². The molecule has 0 unspecified atom stereocenters. The zero-order chi connectivity index (χ0) is 11.4. The average Bonchev–Trinajstić information content (AvgIpc) is 2.20. The Bertz CT molecular complexity index is 153. The first-order valence-electron chi connectivity index (χ1n) is 4.83. The zero-order valence-corrected chi connectivity index (χ0v) is 9.58. The molecule has 15 heavy (non-hydrogen) atoms. The van der Waals surface area contributed by atoms with Crippen LogP contribution in [0, 0.1) is 0 Å². The molecule has 1 N–H and O–H groups in total. The molecule has 0 aliphatic carbocycles. The Morgan fingerprint density at radius 3 is 1.87 bits per heavy atom. The standard InChI is InChI=1S/C9H18O5S/c10-9(11)1-2-12-3-4-13-5-6-14-7-8-15/h15H,1-8H2,(H,10,11). The number of thiol groups is 1. The molecule has 0 aromatic rings. The summed E-state index contributed by atoms with van der Waals surface area (Å²) in [5.41, 5.74) is 0. The van der Waals surface area contributed by atoms with E-state index in [0.29, 0.717) is 38.8 Å². The molecule has 0 fully saturated rings. The normalized spacial score (nSPS) is 10.5. The smallest absolute Gasteiger partial charge is 0.305 e. The largest absolute Gasteiger partial charge is 0.481 e. The van der Waals surface area contributed by atoms with E-state index in [2.05, 4.69) is 12.6 Å². The zero-order valence-electron chi connectivity index (χ0n) is 8.68. The quantitative estimate of drug-likeness (QED) is 0.404. The summed E-state index contributed by atoms with van der Waals surface area (Å²) in [7, 11) is 0. The second-order valence-corrected chi connectivity index (χ2v) is 3.15. The van der Waals surface area contributed by atoms with Gasteiger partial charge in [0.1, 0.15) is 0 Å². The first-order valence-corrected chi connectivity index (χ1v) is 5.46. The van der Waals surface area contributed by atoms with Crippen LogP contribution in [0.5, 0.6) is 0 Å². The minimum atomic E-state index is -0.851. The van der Waals surface area contributed by atoms with Crippen LogP contribution in [0.15, 0.2) is 0 Å². The number of carboxylic acid groups (broad SMARTS) is 1. The van der Waals surface area contributed by atoms with Crippen molar-refractivity contribution in [3.8, 4) is 0 Å². The number of aliphatic carboxylic acids is 1. The van der Waals surface area contributed by atoms with Crippen molar-refractivity contribution in [3.05, 3.63) is 0 Å². The molecule has 0 aromatic carbocycles. The highest BCUT2D eigenvalue weighted by Gasteiger charge is 1.95. The summed E-state index contributed by atoms with van der Waals surface area (Å²) in [6, 6.07) is 0. The van der Waals surface area contributed by atoms with E-state index in [9.17, 15) is 4.79 Å². The van der Waals surface area contributed by atoms with E-state index in [1.165, 1.54) is 0 Å². The molecule has 0 saturated heterocycles. The Labute approximate surface area is 95.1 Å². The molecule has 0 aromatic heterocycles. The minimum absolute atomic E-state index is 0.0328. The van der Waals surface area contributed by atoms with Gasteiger partial charge in [-0.1, -0.05) is 0 Å². The van der Waals surface area contributed by atoms with Crippen LogP contribution in [0.2, 0.25) is 0 Å². The fourth-order valence-electron chi connectivity index (χ4n) is 0.766. The highest BCUT2D eigenvalue weighted by molar-refractivity contribution is 7.80. The summed E-state index contributed by atoms with van der Waals surface area (Å²) < 4.78 is 15.3. The van der Waals surface area contributed by atoms with Gasteiger partial charge in [-0.15, -0.1) is 0 Å². The van der Waals surface area contributed by atoms with Crippen molar-refractivity contribution >= 4 is 18.6 Å². The highest BCUT2D eigenvalue weighted by atomic mass is 32.1. The third-order valence-corrected chi connectivity index (χ3v) is 1.62. The van der Waals surface area contributed by atoms with Gasteiger partial charge in [0, 0.05) is 5.75 Å². The highest BCUT2D eigenvalue weighted by Crippen LogP contribution is 1.85. The van der Waals surface area contributed by atoms with E-state index in [4.69, 9.17) is 19.3 Å². The molecule has 0 saturated carbocycles. The van der Waals surface area contributed by atoms with Gasteiger partial charge < -0.3 is 19.3 Å². The summed E-state index contributed by atoms with van der Waals surface area (Å²) in [6.07, 6.45) is 0.0328. The van der Waals surface area contributed by atoms with Crippen molar-refractivity contribution in [1.29, 1.82) is 0 Å². The van der Waals surface area contributed by atoms with Gasteiger partial charge in [-0.05, 0) is 0 Å². The Kier molecular flexibility index (Phi) is 11.5. The number of carbonyl (C=O) groups is 1. The molecule has 0 spiro atoms. The number of carboxylic acids is 1. The molecular weight excluding hydrogens is 220 g/mol. The molecule has 0 aliphatic rings. The van der Waals surface area contributed by atoms with Crippen LogP contribution in [0.4, 0.5) is 0 Å². The molecule has 0 aliphatic heterocycles. The molecule has 5 nitrogen and oxygen atoms in total. The number of hydrogen-bond donors (Lipinski definition) is 2. The van der Waals surface area contributed by atoms with Crippen LogP contribution < -0.4 is 0 Å².